The van der Waals surface area contributed by atoms with E-state index in [-0.39, 0.29) is 18.0 Å². The molecule has 0 aromatic heterocycles. The second-order valence-corrected chi connectivity index (χ2v) is 6.41. The zero-order valence-electron chi connectivity index (χ0n) is 12.1. The summed E-state index contributed by atoms with van der Waals surface area (Å²) in [5.41, 5.74) is -0.465. The van der Waals surface area contributed by atoms with E-state index in [1.807, 2.05) is 25.7 Å². The van der Waals surface area contributed by atoms with Crippen LogP contribution in [-0.4, -0.2) is 53.1 Å². The second-order valence-electron chi connectivity index (χ2n) is 6.41. The van der Waals surface area contributed by atoms with Crippen LogP contribution in [0.2, 0.25) is 0 Å². The molecule has 0 N–H and O–H groups in total. The highest BCUT2D eigenvalue weighted by atomic mass is 16.6. The summed E-state index contributed by atoms with van der Waals surface area (Å²) >= 11 is 0. The topological polar surface area (TPSA) is 49.9 Å². The van der Waals surface area contributed by atoms with Crippen molar-refractivity contribution in [3.8, 4) is 0 Å². The number of carbonyl (C=O) groups excluding carboxylic acids is 2. The van der Waals surface area contributed by atoms with Crippen LogP contribution < -0.4 is 0 Å². The molecule has 0 saturated carbocycles. The van der Waals surface area contributed by atoms with E-state index < -0.39 is 5.60 Å². The zero-order valence-corrected chi connectivity index (χ0v) is 12.1. The lowest BCUT2D eigenvalue weighted by Gasteiger charge is -2.38. The number of carbonyl (C=O) groups is 2. The van der Waals surface area contributed by atoms with Gasteiger partial charge in [0.25, 0.3) is 0 Å². The number of rotatable bonds is 1. The minimum Gasteiger partial charge on any atom is -0.444 e. The summed E-state index contributed by atoms with van der Waals surface area (Å²) in [6.07, 6.45) is 3.27. The molecular weight excluding hydrogens is 244 g/mol. The average Bonchev–Trinajstić information content (AvgIpc) is 2.73. The average molecular weight is 268 g/mol. The quantitative estimate of drug-likeness (QED) is 0.731. The molecular formula is C14H24N2O3. The number of hydrogen-bond acceptors (Lipinski definition) is 3. The van der Waals surface area contributed by atoms with Gasteiger partial charge in [-0.1, -0.05) is 0 Å². The highest BCUT2D eigenvalue weighted by Crippen LogP contribution is 2.22. The Hall–Kier alpha value is -1.26. The Labute approximate surface area is 114 Å². The maximum Gasteiger partial charge on any atom is 0.410 e. The predicted octanol–water partition coefficient (Wildman–Crippen LogP) is 2.01. The Balaban J connectivity index is 1.93. The number of amides is 2. The van der Waals surface area contributed by atoms with E-state index in [1.165, 1.54) is 0 Å². The van der Waals surface area contributed by atoms with Gasteiger partial charge in [-0.05, 0) is 40.0 Å². The first kappa shape index (κ1) is 14.2. The summed E-state index contributed by atoms with van der Waals surface area (Å²) in [4.78, 5) is 27.5. The predicted molar refractivity (Wildman–Crippen MR) is 71.8 cm³/mol. The molecule has 0 aliphatic carbocycles. The van der Waals surface area contributed by atoms with Crippen LogP contribution in [0.1, 0.15) is 46.5 Å². The van der Waals surface area contributed by atoms with Gasteiger partial charge in [0.1, 0.15) is 5.60 Å². The Kier molecular flexibility index (Phi) is 4.02. The van der Waals surface area contributed by atoms with Crippen molar-refractivity contribution in [1.29, 1.82) is 0 Å². The largest absolute Gasteiger partial charge is 0.444 e. The third kappa shape index (κ3) is 3.61. The molecule has 5 heteroatoms. The van der Waals surface area contributed by atoms with Crippen LogP contribution in [0.25, 0.3) is 0 Å². The van der Waals surface area contributed by atoms with Crippen molar-refractivity contribution in [3.63, 3.8) is 0 Å². The van der Waals surface area contributed by atoms with Crippen LogP contribution in [0.5, 0.6) is 0 Å². The van der Waals surface area contributed by atoms with Gasteiger partial charge in [-0.3, -0.25) is 4.79 Å². The summed E-state index contributed by atoms with van der Waals surface area (Å²) in [5, 5.41) is 0. The SMILES string of the molecule is CC(C)(C)OC(=O)N1CCCC(N2CCCC2=O)C1. The van der Waals surface area contributed by atoms with E-state index in [0.29, 0.717) is 13.0 Å². The number of nitrogens with zero attached hydrogens (tertiary/aromatic N) is 2. The molecule has 0 bridgehead atoms. The van der Waals surface area contributed by atoms with E-state index in [9.17, 15) is 9.59 Å². The van der Waals surface area contributed by atoms with Gasteiger partial charge in [-0.2, -0.15) is 0 Å². The van der Waals surface area contributed by atoms with Crippen LogP contribution in [0.3, 0.4) is 0 Å². The summed E-state index contributed by atoms with van der Waals surface area (Å²) in [5.74, 6) is 0.232. The lowest BCUT2D eigenvalue weighted by atomic mass is 10.0. The number of likely N-dealkylation sites (tertiary alicyclic amines) is 2. The molecule has 2 heterocycles. The first-order valence-electron chi connectivity index (χ1n) is 7.14. The first-order valence-corrected chi connectivity index (χ1v) is 7.14. The molecule has 5 nitrogen and oxygen atoms in total. The van der Waals surface area contributed by atoms with E-state index in [4.69, 9.17) is 4.74 Å². The van der Waals surface area contributed by atoms with Crippen LogP contribution >= 0.6 is 0 Å². The van der Waals surface area contributed by atoms with E-state index in [1.54, 1.807) is 4.90 Å². The molecule has 2 aliphatic heterocycles. The van der Waals surface area contributed by atoms with E-state index in [2.05, 4.69) is 0 Å². The van der Waals surface area contributed by atoms with Gasteiger partial charge in [-0.25, -0.2) is 4.79 Å². The van der Waals surface area contributed by atoms with Crippen molar-refractivity contribution in [1.82, 2.24) is 9.80 Å². The molecule has 2 aliphatic rings. The fraction of sp³-hybridized carbons (Fsp3) is 0.857. The smallest absolute Gasteiger partial charge is 0.410 e. The molecule has 0 aromatic rings. The minimum atomic E-state index is -0.465. The number of hydrogen-bond donors (Lipinski definition) is 0. The molecule has 1 atom stereocenters. The molecule has 2 amide bonds. The van der Waals surface area contributed by atoms with Gasteiger partial charge in [0.05, 0.1) is 0 Å². The maximum atomic E-state index is 12.1. The number of piperidine rings is 1. The second kappa shape index (κ2) is 5.39. The monoisotopic (exact) mass is 268 g/mol. The Morgan fingerprint density at radius 2 is 2.00 bits per heavy atom. The van der Waals surface area contributed by atoms with E-state index in [0.717, 1.165) is 32.4 Å². The fourth-order valence-corrected chi connectivity index (χ4v) is 2.76. The van der Waals surface area contributed by atoms with Crippen molar-refractivity contribution in [2.45, 2.75) is 58.1 Å². The molecule has 2 saturated heterocycles. The Bertz CT molecular complexity index is 362. The molecule has 19 heavy (non-hydrogen) atoms. The van der Waals surface area contributed by atoms with Crippen molar-refractivity contribution in [2.75, 3.05) is 19.6 Å². The summed E-state index contributed by atoms with van der Waals surface area (Å²) < 4.78 is 5.40. The first-order chi connectivity index (χ1) is 8.87. The van der Waals surface area contributed by atoms with Crippen LogP contribution in [0, 0.1) is 0 Å². The summed E-state index contributed by atoms with van der Waals surface area (Å²) in [7, 11) is 0. The van der Waals surface area contributed by atoms with Gasteiger partial charge < -0.3 is 14.5 Å². The highest BCUT2D eigenvalue weighted by Gasteiger charge is 2.34. The Morgan fingerprint density at radius 1 is 1.26 bits per heavy atom. The highest BCUT2D eigenvalue weighted by molar-refractivity contribution is 5.78. The van der Waals surface area contributed by atoms with Gasteiger partial charge in [0, 0.05) is 32.1 Å². The minimum absolute atomic E-state index is 0.177. The van der Waals surface area contributed by atoms with Gasteiger partial charge in [-0.15, -0.1) is 0 Å². The molecule has 0 radical (unpaired) electrons. The molecule has 0 aromatic carbocycles. The third-order valence-electron chi connectivity index (χ3n) is 3.60. The molecule has 108 valence electrons. The summed E-state index contributed by atoms with van der Waals surface area (Å²) in [6.45, 7) is 7.79. The van der Waals surface area contributed by atoms with Crippen LogP contribution in [-0.2, 0) is 9.53 Å². The van der Waals surface area contributed by atoms with Crippen LogP contribution in [0.4, 0.5) is 4.79 Å². The normalized spacial score (nSPS) is 24.8. The zero-order chi connectivity index (χ0) is 14.0. The van der Waals surface area contributed by atoms with E-state index >= 15 is 0 Å². The fourth-order valence-electron chi connectivity index (χ4n) is 2.76. The standard InChI is InChI=1S/C14H24N2O3/c1-14(2,3)19-13(18)15-8-4-6-11(10-15)16-9-5-7-12(16)17/h11H,4-10H2,1-3H3. The summed E-state index contributed by atoms with van der Waals surface area (Å²) in [6, 6.07) is 0.177. The van der Waals surface area contributed by atoms with Crippen molar-refractivity contribution < 1.29 is 14.3 Å². The van der Waals surface area contributed by atoms with Crippen molar-refractivity contribution >= 4 is 12.0 Å². The number of ether oxygens (including phenoxy) is 1. The third-order valence-corrected chi connectivity index (χ3v) is 3.60. The molecule has 2 rings (SSSR count). The molecule has 1 unspecified atom stereocenters. The van der Waals surface area contributed by atoms with Crippen molar-refractivity contribution in [3.05, 3.63) is 0 Å². The molecule has 2 fully saturated rings. The van der Waals surface area contributed by atoms with Crippen LogP contribution in [0.15, 0.2) is 0 Å². The van der Waals surface area contributed by atoms with Crippen molar-refractivity contribution in [2.24, 2.45) is 0 Å². The Morgan fingerprint density at radius 3 is 2.58 bits per heavy atom. The van der Waals surface area contributed by atoms with Gasteiger partial charge in [0.2, 0.25) is 5.91 Å². The lowest BCUT2D eigenvalue weighted by Crippen LogP contribution is -2.51. The van der Waals surface area contributed by atoms with Gasteiger partial charge in [0.15, 0.2) is 0 Å². The van der Waals surface area contributed by atoms with Gasteiger partial charge >= 0.3 is 6.09 Å². The molecule has 0 spiro atoms. The maximum absolute atomic E-state index is 12.1. The lowest BCUT2D eigenvalue weighted by molar-refractivity contribution is -0.130.